The molecule has 1 atom stereocenters. The minimum absolute atomic E-state index is 0.187. The summed E-state index contributed by atoms with van der Waals surface area (Å²) in [7, 11) is 0. The molecular weight excluding hydrogens is 327 g/mol. The Labute approximate surface area is 142 Å². The molecule has 0 saturated carbocycles. The highest BCUT2D eigenvalue weighted by atomic mass is 19.1. The van der Waals surface area contributed by atoms with E-state index in [0.717, 1.165) is 18.1 Å². The molecule has 4 heterocycles. The average Bonchev–Trinajstić information content (AvgIpc) is 3.30. The first-order chi connectivity index (χ1) is 12.2. The van der Waals surface area contributed by atoms with Crippen LogP contribution in [-0.2, 0) is 17.9 Å². The first-order valence-corrected chi connectivity index (χ1v) is 7.75. The number of nitrogens with one attached hydrogen (secondary N) is 1. The monoisotopic (exact) mass is 342 g/mol. The Hall–Kier alpha value is -3.23. The van der Waals surface area contributed by atoms with Crippen LogP contribution < -0.4 is 10.2 Å². The SMILES string of the molecule is O=C(NCc1ccco1)C1CN(c2ncc(F)cn2)Cc2ccnn21. The Morgan fingerprint density at radius 1 is 1.36 bits per heavy atom. The minimum atomic E-state index is -0.539. The Balaban J connectivity index is 1.54. The zero-order valence-corrected chi connectivity index (χ0v) is 13.2. The second kappa shape index (κ2) is 6.34. The lowest BCUT2D eigenvalue weighted by Gasteiger charge is -2.33. The number of halogens is 1. The minimum Gasteiger partial charge on any atom is -0.467 e. The number of aromatic nitrogens is 4. The third-order valence-corrected chi connectivity index (χ3v) is 4.00. The second-order valence-corrected chi connectivity index (χ2v) is 5.66. The predicted molar refractivity (Wildman–Crippen MR) is 84.9 cm³/mol. The highest BCUT2D eigenvalue weighted by molar-refractivity contribution is 5.81. The molecule has 8 nitrogen and oxygen atoms in total. The molecule has 1 aliphatic rings. The van der Waals surface area contributed by atoms with Gasteiger partial charge in [-0.15, -0.1) is 0 Å². The number of fused-ring (bicyclic) bond motifs is 1. The van der Waals surface area contributed by atoms with Gasteiger partial charge in [0.05, 0.1) is 44.0 Å². The lowest BCUT2D eigenvalue weighted by molar-refractivity contribution is -0.124. The molecule has 4 rings (SSSR count). The Bertz CT molecular complexity index is 861. The largest absolute Gasteiger partial charge is 0.467 e. The van der Waals surface area contributed by atoms with E-state index in [4.69, 9.17) is 4.42 Å². The fourth-order valence-corrected chi connectivity index (χ4v) is 2.81. The maximum atomic E-state index is 13.1. The molecule has 128 valence electrons. The first kappa shape index (κ1) is 15.3. The molecule has 1 N–H and O–H groups in total. The molecule has 3 aromatic heterocycles. The third-order valence-electron chi connectivity index (χ3n) is 4.00. The van der Waals surface area contributed by atoms with E-state index < -0.39 is 11.9 Å². The average molecular weight is 342 g/mol. The predicted octanol–water partition coefficient (Wildman–Crippen LogP) is 1.28. The standard InChI is InChI=1S/C16H15FN6O2/c17-11-6-19-16(20-7-11)22-9-12-3-4-21-23(12)14(10-22)15(24)18-8-13-2-1-5-25-13/h1-7,14H,8-10H2,(H,18,24). The van der Waals surface area contributed by atoms with Crippen molar-refractivity contribution in [2.75, 3.05) is 11.4 Å². The number of furan rings is 1. The van der Waals surface area contributed by atoms with E-state index in [2.05, 4.69) is 20.4 Å². The van der Waals surface area contributed by atoms with Gasteiger partial charge in [0.1, 0.15) is 11.8 Å². The van der Waals surface area contributed by atoms with Crippen LogP contribution in [0.4, 0.5) is 10.3 Å². The van der Waals surface area contributed by atoms with Gasteiger partial charge in [-0.2, -0.15) is 5.10 Å². The van der Waals surface area contributed by atoms with Crippen molar-refractivity contribution < 1.29 is 13.6 Å². The highest BCUT2D eigenvalue weighted by Gasteiger charge is 2.32. The summed E-state index contributed by atoms with van der Waals surface area (Å²) >= 11 is 0. The molecule has 0 saturated heterocycles. The summed E-state index contributed by atoms with van der Waals surface area (Å²) in [6, 6.07) is 4.85. The van der Waals surface area contributed by atoms with Gasteiger partial charge in [-0.1, -0.05) is 0 Å². The Morgan fingerprint density at radius 2 is 2.20 bits per heavy atom. The molecule has 0 bridgehead atoms. The van der Waals surface area contributed by atoms with Gasteiger partial charge < -0.3 is 14.6 Å². The van der Waals surface area contributed by atoms with Crippen molar-refractivity contribution in [1.29, 1.82) is 0 Å². The molecule has 3 aromatic rings. The lowest BCUT2D eigenvalue weighted by Crippen LogP contribution is -2.45. The van der Waals surface area contributed by atoms with Crippen LogP contribution in [0.3, 0.4) is 0 Å². The quantitative estimate of drug-likeness (QED) is 0.768. The number of rotatable bonds is 4. The molecule has 9 heteroatoms. The number of hydrogen-bond acceptors (Lipinski definition) is 6. The van der Waals surface area contributed by atoms with Crippen LogP contribution in [-0.4, -0.2) is 32.2 Å². The van der Waals surface area contributed by atoms with Crippen molar-refractivity contribution in [3.8, 4) is 0 Å². The fourth-order valence-electron chi connectivity index (χ4n) is 2.81. The zero-order valence-electron chi connectivity index (χ0n) is 13.2. The maximum Gasteiger partial charge on any atom is 0.247 e. The molecule has 0 aromatic carbocycles. The number of carbonyl (C=O) groups excluding carboxylic acids is 1. The zero-order chi connectivity index (χ0) is 17.2. The van der Waals surface area contributed by atoms with Gasteiger partial charge in [0.2, 0.25) is 11.9 Å². The van der Waals surface area contributed by atoms with Gasteiger partial charge in [-0.25, -0.2) is 14.4 Å². The van der Waals surface area contributed by atoms with Crippen LogP contribution in [0.5, 0.6) is 0 Å². The summed E-state index contributed by atoms with van der Waals surface area (Å²) < 4.78 is 20.0. The van der Waals surface area contributed by atoms with Crippen molar-refractivity contribution in [3.63, 3.8) is 0 Å². The summed E-state index contributed by atoms with van der Waals surface area (Å²) in [5.41, 5.74) is 0.859. The number of amides is 1. The summed E-state index contributed by atoms with van der Waals surface area (Å²) in [5, 5.41) is 7.10. The van der Waals surface area contributed by atoms with E-state index in [9.17, 15) is 9.18 Å². The molecule has 25 heavy (non-hydrogen) atoms. The number of nitrogens with zero attached hydrogens (tertiary/aromatic N) is 5. The van der Waals surface area contributed by atoms with Crippen LogP contribution in [0.15, 0.2) is 47.5 Å². The van der Waals surface area contributed by atoms with E-state index in [0.29, 0.717) is 31.3 Å². The van der Waals surface area contributed by atoms with Gasteiger partial charge >= 0.3 is 0 Å². The summed E-state index contributed by atoms with van der Waals surface area (Å²) in [5.74, 6) is 0.355. The van der Waals surface area contributed by atoms with Crippen LogP contribution in [0.2, 0.25) is 0 Å². The van der Waals surface area contributed by atoms with E-state index in [1.54, 1.807) is 29.3 Å². The number of anilines is 1. The van der Waals surface area contributed by atoms with Crippen LogP contribution in [0.1, 0.15) is 17.5 Å². The van der Waals surface area contributed by atoms with Crippen molar-refractivity contribution in [2.45, 2.75) is 19.1 Å². The van der Waals surface area contributed by atoms with Crippen LogP contribution in [0.25, 0.3) is 0 Å². The molecule has 0 fully saturated rings. The van der Waals surface area contributed by atoms with Crippen molar-refractivity contribution in [3.05, 3.63) is 60.3 Å². The maximum absolute atomic E-state index is 13.1. The van der Waals surface area contributed by atoms with E-state index >= 15 is 0 Å². The van der Waals surface area contributed by atoms with E-state index in [-0.39, 0.29) is 5.91 Å². The molecule has 0 radical (unpaired) electrons. The summed E-state index contributed by atoms with van der Waals surface area (Å²) in [4.78, 5) is 22.5. The lowest BCUT2D eigenvalue weighted by atomic mass is 10.2. The summed E-state index contributed by atoms with van der Waals surface area (Å²) in [6.07, 6.45) is 5.43. The van der Waals surface area contributed by atoms with Crippen molar-refractivity contribution >= 4 is 11.9 Å². The highest BCUT2D eigenvalue weighted by Crippen LogP contribution is 2.23. The second-order valence-electron chi connectivity index (χ2n) is 5.66. The van der Waals surface area contributed by atoms with Gasteiger partial charge in [0.15, 0.2) is 5.82 Å². The normalized spacial score (nSPS) is 16.5. The molecule has 1 aliphatic heterocycles. The van der Waals surface area contributed by atoms with Crippen molar-refractivity contribution in [2.24, 2.45) is 0 Å². The van der Waals surface area contributed by atoms with Crippen LogP contribution >= 0.6 is 0 Å². The molecule has 1 amide bonds. The van der Waals surface area contributed by atoms with E-state index in [1.807, 2.05) is 11.0 Å². The Morgan fingerprint density at radius 3 is 2.96 bits per heavy atom. The van der Waals surface area contributed by atoms with Crippen molar-refractivity contribution in [1.82, 2.24) is 25.1 Å². The van der Waals surface area contributed by atoms with Gasteiger partial charge in [0.25, 0.3) is 0 Å². The van der Waals surface area contributed by atoms with Crippen LogP contribution in [0, 0.1) is 5.82 Å². The van der Waals surface area contributed by atoms with E-state index in [1.165, 1.54) is 0 Å². The van der Waals surface area contributed by atoms with Gasteiger partial charge in [-0.3, -0.25) is 9.48 Å². The molecular formula is C16H15FN6O2. The third kappa shape index (κ3) is 3.08. The molecule has 1 unspecified atom stereocenters. The van der Waals surface area contributed by atoms with Gasteiger partial charge in [-0.05, 0) is 18.2 Å². The first-order valence-electron chi connectivity index (χ1n) is 7.75. The number of hydrogen-bond donors (Lipinski definition) is 1. The Kier molecular flexibility index (Phi) is 3.88. The topological polar surface area (TPSA) is 89.1 Å². The molecule has 0 spiro atoms. The van der Waals surface area contributed by atoms with Gasteiger partial charge in [0, 0.05) is 6.20 Å². The smallest absolute Gasteiger partial charge is 0.247 e. The summed E-state index contributed by atoms with van der Waals surface area (Å²) in [6.45, 7) is 1.13. The number of carbonyl (C=O) groups is 1. The molecule has 0 aliphatic carbocycles. The fraction of sp³-hybridized carbons (Fsp3) is 0.250.